The van der Waals surface area contributed by atoms with Crippen LogP contribution in [0.1, 0.15) is 0 Å². The summed E-state index contributed by atoms with van der Waals surface area (Å²) < 4.78 is 14.5. The molecular weight excluding hydrogens is 259 g/mol. The summed E-state index contributed by atoms with van der Waals surface area (Å²) in [5.74, 6) is 0.167. The van der Waals surface area contributed by atoms with Crippen LogP contribution in [0.25, 0.3) is 0 Å². The second-order valence-corrected chi connectivity index (χ2v) is 3.53. The van der Waals surface area contributed by atoms with Gasteiger partial charge in [0.15, 0.2) is 0 Å². The van der Waals surface area contributed by atoms with Gasteiger partial charge in [-0.3, -0.25) is 9.79 Å². The van der Waals surface area contributed by atoms with Crippen LogP contribution in [0.5, 0.6) is 5.75 Å². The first-order valence-electron chi connectivity index (χ1n) is 3.81. The van der Waals surface area contributed by atoms with Crippen molar-refractivity contribution >= 4 is 7.82 Å². The normalized spacial score (nSPS) is 9.76. The minimum atomic E-state index is -4.39. The quantitative estimate of drug-likeness (QED) is 0.458. The average molecular weight is 266 g/mol. The maximum Gasteiger partial charge on any atom is 0.524 e. The minimum Gasteiger partial charge on any atom is -0.404 e. The Morgan fingerprint density at radius 3 is 1.76 bits per heavy atom. The van der Waals surface area contributed by atoms with E-state index in [2.05, 4.69) is 4.52 Å². The number of nitro groups is 1. The molecule has 10 nitrogen and oxygen atoms in total. The van der Waals surface area contributed by atoms with Gasteiger partial charge in [-0.25, -0.2) is 4.57 Å². The highest BCUT2D eigenvalue weighted by Gasteiger charge is 2.14. The molecule has 0 amide bonds. The molecule has 0 heterocycles. The highest BCUT2D eigenvalue weighted by molar-refractivity contribution is 7.46. The molecule has 11 heteroatoms. The third-order valence-corrected chi connectivity index (χ3v) is 1.55. The predicted molar refractivity (Wildman–Crippen MR) is 53.1 cm³/mol. The van der Waals surface area contributed by atoms with Crippen LogP contribution in [0.15, 0.2) is 30.3 Å². The molecule has 17 heavy (non-hydrogen) atoms. The van der Waals surface area contributed by atoms with Gasteiger partial charge in [0.05, 0.1) is 0 Å². The second kappa shape index (κ2) is 6.53. The van der Waals surface area contributed by atoms with Crippen molar-refractivity contribution in [2.45, 2.75) is 0 Å². The largest absolute Gasteiger partial charge is 0.524 e. The molecule has 0 bridgehead atoms. The Morgan fingerprint density at radius 2 is 1.47 bits per heavy atom. The van der Waals surface area contributed by atoms with Crippen molar-refractivity contribution in [1.82, 2.24) is 0 Å². The molecule has 0 aliphatic heterocycles. The van der Waals surface area contributed by atoms with Crippen LogP contribution in [-0.2, 0) is 4.57 Å². The fourth-order valence-electron chi connectivity index (χ4n) is 0.619. The van der Waals surface area contributed by atoms with E-state index in [4.69, 9.17) is 30.0 Å². The number of hydrogen-bond acceptors (Lipinski definition) is 6. The van der Waals surface area contributed by atoms with Crippen LogP contribution in [0.3, 0.4) is 0 Å². The van der Waals surface area contributed by atoms with Gasteiger partial charge >= 0.3 is 17.9 Å². The summed E-state index contributed by atoms with van der Waals surface area (Å²) in [4.78, 5) is 34.3. The highest BCUT2D eigenvalue weighted by Crippen LogP contribution is 2.36. The van der Waals surface area contributed by atoms with Crippen LogP contribution in [0.2, 0.25) is 0 Å². The van der Waals surface area contributed by atoms with E-state index in [0.29, 0.717) is 0 Å². The van der Waals surface area contributed by atoms with Gasteiger partial charge in [-0.15, -0.1) is 0 Å². The van der Waals surface area contributed by atoms with Gasteiger partial charge in [0.25, 0.3) is 0 Å². The second-order valence-electron chi connectivity index (χ2n) is 2.37. The van der Waals surface area contributed by atoms with Crippen molar-refractivity contribution in [3.63, 3.8) is 0 Å². The summed E-state index contributed by atoms with van der Waals surface area (Å²) >= 11 is 0. The van der Waals surface area contributed by atoms with E-state index in [1.165, 1.54) is 12.1 Å². The first-order chi connectivity index (χ1) is 7.72. The highest BCUT2D eigenvalue weighted by atomic mass is 31.2. The fourth-order valence-corrected chi connectivity index (χ4v) is 1.02. The summed E-state index contributed by atoms with van der Waals surface area (Å²) in [5, 5.41) is 14.4. The van der Waals surface area contributed by atoms with Crippen molar-refractivity contribution in [3.8, 4) is 5.75 Å². The first-order valence-corrected chi connectivity index (χ1v) is 5.34. The predicted octanol–water partition coefficient (Wildman–Crippen LogP) is 0.613. The number of hydrazine groups is 1. The van der Waals surface area contributed by atoms with Gasteiger partial charge in [0.1, 0.15) is 5.75 Å². The van der Waals surface area contributed by atoms with Crippen LogP contribution in [0.4, 0.5) is 0 Å². The number of phosphoric ester groups is 1. The van der Waals surface area contributed by atoms with Crippen LogP contribution in [0, 0.1) is 20.2 Å². The number of nitrogens with zero attached hydrogens (tertiary/aromatic N) is 2. The monoisotopic (exact) mass is 266 g/mol. The molecule has 0 aliphatic rings. The molecule has 0 saturated carbocycles. The third-order valence-electron chi connectivity index (χ3n) is 1.10. The van der Waals surface area contributed by atoms with Crippen LogP contribution < -0.4 is 4.52 Å². The van der Waals surface area contributed by atoms with E-state index >= 15 is 0 Å². The maximum absolute atomic E-state index is 10.3. The Balaban J connectivity index is 0.000000366. The molecule has 0 atom stereocenters. The topological polar surface area (TPSA) is 153 Å². The molecule has 0 radical (unpaired) electrons. The molecule has 94 valence electrons. The summed E-state index contributed by atoms with van der Waals surface area (Å²) in [6, 6.07) is 7.93. The van der Waals surface area contributed by atoms with E-state index in [1.807, 2.05) is 0 Å². The van der Waals surface area contributed by atoms with Crippen LogP contribution >= 0.6 is 7.82 Å². The number of phosphoric acid groups is 1. The van der Waals surface area contributed by atoms with Gasteiger partial charge in [0, 0.05) is 0 Å². The summed E-state index contributed by atoms with van der Waals surface area (Å²) in [6.45, 7) is 0. The first kappa shape index (κ1) is 15.0. The fraction of sp³-hybridized carbons (Fsp3) is 0. The Morgan fingerprint density at radius 1 is 1.06 bits per heavy atom. The summed E-state index contributed by atoms with van der Waals surface area (Å²) in [6.07, 6.45) is 0. The molecule has 0 saturated heterocycles. The molecular formula is C6H7N2O8P. The van der Waals surface area contributed by atoms with Gasteiger partial charge in [-0.05, 0) is 12.1 Å². The van der Waals surface area contributed by atoms with E-state index in [1.54, 1.807) is 18.2 Å². The van der Waals surface area contributed by atoms with Crippen LogP contribution in [-0.4, -0.2) is 19.9 Å². The number of hydrogen-bond donors (Lipinski definition) is 2. The molecule has 0 spiro atoms. The Hall–Kier alpha value is -2.03. The number of para-hydroxylation sites is 1. The van der Waals surface area contributed by atoms with E-state index < -0.39 is 17.9 Å². The van der Waals surface area contributed by atoms with Crippen molar-refractivity contribution in [1.29, 1.82) is 0 Å². The SMILES string of the molecule is O=P(O)(O)Oc1ccccc1.O=[N+]([O-])[N+](=O)[O-]. The molecule has 0 fully saturated rings. The van der Waals surface area contributed by atoms with Crippen molar-refractivity contribution in [2.24, 2.45) is 0 Å². The third kappa shape index (κ3) is 8.93. The van der Waals surface area contributed by atoms with E-state index in [9.17, 15) is 4.57 Å². The Kier molecular flexibility index (Phi) is 5.75. The molecule has 2 N–H and O–H groups in total. The standard InChI is InChI=1S/C6H7O4P.N2O4/c7-11(8,9)10-6-4-2-1-3-5-6;3-1(4)2(5)6/h1-5H,(H2,7,8,9);. The van der Waals surface area contributed by atoms with Crippen molar-refractivity contribution in [2.75, 3.05) is 0 Å². The minimum absolute atomic E-state index is 0.167. The molecule has 0 aliphatic carbocycles. The van der Waals surface area contributed by atoms with Crippen molar-refractivity contribution < 1.29 is 28.9 Å². The Labute approximate surface area is 94.0 Å². The smallest absolute Gasteiger partial charge is 0.404 e. The van der Waals surface area contributed by atoms with E-state index in [-0.39, 0.29) is 5.75 Å². The molecule has 1 aromatic carbocycles. The summed E-state index contributed by atoms with van der Waals surface area (Å²) in [5.41, 5.74) is 0. The van der Waals surface area contributed by atoms with E-state index in [0.717, 1.165) is 0 Å². The molecule has 1 aromatic rings. The Bertz CT molecular complexity index is 417. The number of rotatable bonds is 3. The molecule has 0 aromatic heterocycles. The zero-order valence-corrected chi connectivity index (χ0v) is 8.97. The molecule has 1 rings (SSSR count). The zero-order valence-electron chi connectivity index (χ0n) is 8.07. The van der Waals surface area contributed by atoms with Gasteiger partial charge in [-0.2, -0.15) is 20.2 Å². The van der Waals surface area contributed by atoms with Gasteiger partial charge < -0.3 is 4.52 Å². The zero-order chi connectivity index (χ0) is 13.5. The lowest BCUT2D eigenvalue weighted by Gasteiger charge is -2.04. The summed E-state index contributed by atoms with van der Waals surface area (Å²) in [7, 11) is -4.39. The number of benzene rings is 1. The lowest BCUT2D eigenvalue weighted by molar-refractivity contribution is -1.08. The lowest BCUT2D eigenvalue weighted by atomic mass is 10.3. The average Bonchev–Trinajstić information content (AvgIpc) is 2.17. The van der Waals surface area contributed by atoms with Gasteiger partial charge in [0.2, 0.25) is 0 Å². The maximum atomic E-state index is 10.3. The van der Waals surface area contributed by atoms with Crippen molar-refractivity contribution in [3.05, 3.63) is 50.6 Å². The lowest BCUT2D eigenvalue weighted by Crippen LogP contribution is -2.06. The molecule has 0 unspecified atom stereocenters. The van der Waals surface area contributed by atoms with Gasteiger partial charge in [-0.1, -0.05) is 18.2 Å².